The fourth-order valence-corrected chi connectivity index (χ4v) is 3.91. The van der Waals surface area contributed by atoms with Crippen LogP contribution >= 0.6 is 11.3 Å². The number of carbonyl (C=O) groups excluding carboxylic acids is 1. The van der Waals surface area contributed by atoms with E-state index in [4.69, 9.17) is 0 Å². The van der Waals surface area contributed by atoms with Crippen LogP contribution in [-0.2, 0) is 11.3 Å². The summed E-state index contributed by atoms with van der Waals surface area (Å²) in [4.78, 5) is 20.4. The molecular formula is C16H21N3OS. The van der Waals surface area contributed by atoms with Crippen LogP contribution in [0.2, 0.25) is 0 Å². The highest BCUT2D eigenvalue weighted by Crippen LogP contribution is 2.34. The van der Waals surface area contributed by atoms with Gasteiger partial charge in [-0.2, -0.15) is 0 Å². The Balaban J connectivity index is 1.74. The summed E-state index contributed by atoms with van der Waals surface area (Å²) in [6.07, 6.45) is 5.86. The first kappa shape index (κ1) is 14.3. The zero-order valence-electron chi connectivity index (χ0n) is 12.5. The van der Waals surface area contributed by atoms with Gasteiger partial charge in [0.15, 0.2) is 0 Å². The highest BCUT2D eigenvalue weighted by Gasteiger charge is 2.30. The van der Waals surface area contributed by atoms with Crippen LogP contribution in [0.1, 0.15) is 49.4 Å². The molecule has 3 rings (SSSR count). The van der Waals surface area contributed by atoms with Gasteiger partial charge in [-0.3, -0.25) is 4.79 Å². The molecule has 0 aliphatic carbocycles. The Morgan fingerprint density at radius 2 is 2.38 bits per heavy atom. The summed E-state index contributed by atoms with van der Waals surface area (Å²) in [5, 5.41) is 2.09. The Morgan fingerprint density at radius 3 is 3.10 bits per heavy atom. The Kier molecular flexibility index (Phi) is 4.10. The highest BCUT2D eigenvalue weighted by atomic mass is 32.1. The second-order valence-corrected chi connectivity index (χ2v) is 6.81. The molecule has 1 saturated heterocycles. The van der Waals surface area contributed by atoms with E-state index >= 15 is 0 Å². The van der Waals surface area contributed by atoms with Crippen molar-refractivity contribution >= 4 is 17.2 Å². The van der Waals surface area contributed by atoms with Gasteiger partial charge in [0.2, 0.25) is 5.91 Å². The van der Waals surface area contributed by atoms with Crippen LogP contribution in [0.3, 0.4) is 0 Å². The summed E-state index contributed by atoms with van der Waals surface area (Å²) in [6, 6.07) is 4.47. The first-order valence-electron chi connectivity index (χ1n) is 7.50. The summed E-state index contributed by atoms with van der Waals surface area (Å²) in [5.74, 6) is 1.51. The lowest BCUT2D eigenvalue weighted by Gasteiger charge is -2.24. The number of hydrogen-bond acceptors (Lipinski definition) is 3. The van der Waals surface area contributed by atoms with Crippen molar-refractivity contribution in [3.05, 3.63) is 40.6 Å². The summed E-state index contributed by atoms with van der Waals surface area (Å²) in [7, 11) is 0. The third-order valence-electron chi connectivity index (χ3n) is 4.01. The van der Waals surface area contributed by atoms with Gasteiger partial charge in [-0.25, -0.2) is 4.98 Å². The Labute approximate surface area is 129 Å². The molecule has 1 atom stereocenters. The lowest BCUT2D eigenvalue weighted by molar-refractivity contribution is -0.132. The maximum atomic E-state index is 12.7. The third kappa shape index (κ3) is 2.88. The molecule has 2 aromatic heterocycles. The van der Waals surface area contributed by atoms with Gasteiger partial charge in [-0.15, -0.1) is 11.3 Å². The molecule has 0 unspecified atom stereocenters. The summed E-state index contributed by atoms with van der Waals surface area (Å²) in [6.45, 7) is 5.48. The minimum Gasteiger partial charge on any atom is -0.333 e. The summed E-state index contributed by atoms with van der Waals surface area (Å²) >= 11 is 1.74. The maximum Gasteiger partial charge on any atom is 0.243 e. The number of imidazole rings is 1. The zero-order valence-corrected chi connectivity index (χ0v) is 13.3. The largest absolute Gasteiger partial charge is 0.333 e. The van der Waals surface area contributed by atoms with Crippen molar-refractivity contribution in [2.45, 2.75) is 45.2 Å². The average molecular weight is 303 g/mol. The summed E-state index contributed by atoms with van der Waals surface area (Å²) in [5.41, 5.74) is 0. The predicted molar refractivity (Wildman–Crippen MR) is 84.3 cm³/mol. The Hall–Kier alpha value is -1.62. The van der Waals surface area contributed by atoms with Gasteiger partial charge >= 0.3 is 0 Å². The molecule has 4 nitrogen and oxygen atoms in total. The van der Waals surface area contributed by atoms with Crippen molar-refractivity contribution in [3.63, 3.8) is 0 Å². The lowest BCUT2D eigenvalue weighted by atomic mass is 10.2. The quantitative estimate of drug-likeness (QED) is 0.868. The minimum atomic E-state index is 0.200. The molecule has 0 spiro atoms. The van der Waals surface area contributed by atoms with E-state index in [0.717, 1.165) is 25.2 Å². The van der Waals surface area contributed by atoms with Crippen LogP contribution in [0.5, 0.6) is 0 Å². The molecule has 1 aliphatic rings. The molecule has 0 bridgehead atoms. The van der Waals surface area contributed by atoms with Gasteiger partial charge in [-0.05, 0) is 24.3 Å². The molecule has 1 fully saturated rings. The SMILES string of the molecule is CC(C)c1nccn1CC(=O)N1CCC[C@H]1c1cccs1. The van der Waals surface area contributed by atoms with Crippen molar-refractivity contribution in [1.82, 2.24) is 14.5 Å². The topological polar surface area (TPSA) is 38.1 Å². The summed E-state index contributed by atoms with van der Waals surface area (Å²) < 4.78 is 1.98. The maximum absolute atomic E-state index is 12.7. The van der Waals surface area contributed by atoms with Gasteiger partial charge in [0.25, 0.3) is 0 Å². The predicted octanol–water partition coefficient (Wildman–Crippen LogP) is 3.43. The van der Waals surface area contributed by atoms with Crippen molar-refractivity contribution < 1.29 is 4.79 Å². The Morgan fingerprint density at radius 1 is 1.52 bits per heavy atom. The molecule has 112 valence electrons. The van der Waals surface area contributed by atoms with E-state index in [1.807, 2.05) is 15.7 Å². The normalized spacial score (nSPS) is 18.6. The number of rotatable bonds is 4. The third-order valence-corrected chi connectivity index (χ3v) is 4.99. The number of likely N-dealkylation sites (tertiary alicyclic amines) is 1. The van der Waals surface area contributed by atoms with E-state index in [1.54, 1.807) is 17.5 Å². The monoisotopic (exact) mass is 303 g/mol. The van der Waals surface area contributed by atoms with Crippen LogP contribution < -0.4 is 0 Å². The zero-order chi connectivity index (χ0) is 14.8. The molecule has 0 aromatic carbocycles. The molecule has 5 heteroatoms. The molecule has 0 N–H and O–H groups in total. The number of hydrogen-bond donors (Lipinski definition) is 0. The molecule has 3 heterocycles. The van der Waals surface area contributed by atoms with Gasteiger partial charge in [0.1, 0.15) is 12.4 Å². The first-order chi connectivity index (χ1) is 10.2. The fraction of sp³-hybridized carbons (Fsp3) is 0.500. The van der Waals surface area contributed by atoms with Gasteiger partial charge in [-0.1, -0.05) is 19.9 Å². The average Bonchev–Trinajstić information content (AvgIpc) is 3.19. The first-order valence-corrected chi connectivity index (χ1v) is 8.38. The van der Waals surface area contributed by atoms with E-state index in [0.29, 0.717) is 12.5 Å². The van der Waals surface area contributed by atoms with E-state index in [1.165, 1.54) is 4.88 Å². The van der Waals surface area contributed by atoms with Crippen LogP contribution in [0, 0.1) is 0 Å². The van der Waals surface area contributed by atoms with Crippen LogP contribution in [0.4, 0.5) is 0 Å². The molecule has 21 heavy (non-hydrogen) atoms. The standard InChI is InChI=1S/C16H21N3OS/c1-12(2)16-17-7-9-18(16)11-15(20)19-8-3-5-13(19)14-6-4-10-21-14/h4,6-7,9-10,12-13H,3,5,8,11H2,1-2H3/t13-/m0/s1. The van der Waals surface area contributed by atoms with Gasteiger partial charge in [0, 0.05) is 29.7 Å². The van der Waals surface area contributed by atoms with E-state index in [-0.39, 0.29) is 11.9 Å². The van der Waals surface area contributed by atoms with E-state index in [9.17, 15) is 4.79 Å². The molecule has 2 aromatic rings. The minimum absolute atomic E-state index is 0.200. The van der Waals surface area contributed by atoms with E-state index < -0.39 is 0 Å². The van der Waals surface area contributed by atoms with Crippen molar-refractivity contribution in [3.8, 4) is 0 Å². The van der Waals surface area contributed by atoms with Crippen LogP contribution in [0.15, 0.2) is 29.9 Å². The van der Waals surface area contributed by atoms with Crippen LogP contribution in [0.25, 0.3) is 0 Å². The van der Waals surface area contributed by atoms with Crippen LogP contribution in [-0.4, -0.2) is 26.9 Å². The van der Waals surface area contributed by atoms with Crippen molar-refractivity contribution in [1.29, 1.82) is 0 Å². The molecule has 1 amide bonds. The smallest absolute Gasteiger partial charge is 0.243 e. The van der Waals surface area contributed by atoms with E-state index in [2.05, 4.69) is 36.3 Å². The van der Waals surface area contributed by atoms with Gasteiger partial charge in [0.05, 0.1) is 6.04 Å². The molecule has 1 aliphatic heterocycles. The number of amides is 1. The lowest BCUT2D eigenvalue weighted by Crippen LogP contribution is -2.33. The number of carbonyl (C=O) groups is 1. The molecule has 0 saturated carbocycles. The number of thiophene rings is 1. The Bertz CT molecular complexity index is 603. The molecule has 0 radical (unpaired) electrons. The van der Waals surface area contributed by atoms with Crippen molar-refractivity contribution in [2.75, 3.05) is 6.54 Å². The fourth-order valence-electron chi connectivity index (χ4n) is 3.03. The highest BCUT2D eigenvalue weighted by molar-refractivity contribution is 7.10. The molecular weight excluding hydrogens is 282 g/mol. The second-order valence-electron chi connectivity index (χ2n) is 5.83. The number of aromatic nitrogens is 2. The van der Waals surface area contributed by atoms with Gasteiger partial charge < -0.3 is 9.47 Å². The number of nitrogens with zero attached hydrogens (tertiary/aromatic N) is 3. The second kappa shape index (κ2) is 6.02. The van der Waals surface area contributed by atoms with Crippen molar-refractivity contribution in [2.24, 2.45) is 0 Å².